The van der Waals surface area contributed by atoms with E-state index in [1.54, 1.807) is 35.2 Å². The molecule has 4 aliphatic rings. The van der Waals surface area contributed by atoms with Gasteiger partial charge in [-0.05, 0) is 13.8 Å². The molecule has 4 rings (SSSR count). The van der Waals surface area contributed by atoms with Gasteiger partial charge in [0, 0.05) is 72.9 Å². The minimum atomic E-state index is -1.14. The van der Waals surface area contributed by atoms with Crippen molar-refractivity contribution < 1.29 is 106 Å². The summed E-state index contributed by atoms with van der Waals surface area (Å²) < 4.78 is 95.4. The Kier molecular flexibility index (Phi) is 26.1. The maximum absolute atomic E-state index is 11.6. The first-order valence-electron chi connectivity index (χ1n) is 23.7. The average molecular weight is 991 g/mol. The van der Waals surface area contributed by atoms with E-state index in [1.165, 1.54) is 28.4 Å². The normalized spacial score (nSPS) is 39.8. The molecule has 22 heteroatoms. The summed E-state index contributed by atoms with van der Waals surface area (Å²) in [4.78, 5) is 0. The quantitative estimate of drug-likeness (QED) is 0.0465. The van der Waals surface area contributed by atoms with Gasteiger partial charge in [-0.2, -0.15) is 0 Å². The van der Waals surface area contributed by atoms with Crippen LogP contribution in [0.3, 0.4) is 0 Å². The van der Waals surface area contributed by atoms with Gasteiger partial charge in [0.2, 0.25) is 0 Å². The van der Waals surface area contributed by atoms with Crippen molar-refractivity contribution in [3.8, 4) is 0 Å². The Morgan fingerprint density at radius 2 is 0.809 bits per heavy atom. The van der Waals surface area contributed by atoms with Gasteiger partial charge in [0.1, 0.15) is 48.8 Å². The zero-order valence-corrected chi connectivity index (χ0v) is 42.0. The van der Waals surface area contributed by atoms with E-state index in [4.69, 9.17) is 75.8 Å². The second kappa shape index (κ2) is 29.7. The average Bonchev–Trinajstić information content (AvgIpc) is 3.30. The lowest BCUT2D eigenvalue weighted by atomic mass is 9.75. The predicted octanol–water partition coefficient (Wildman–Crippen LogP) is -1.78. The smallest absolute Gasteiger partial charge is 0.112 e. The molecule has 68 heavy (non-hydrogen) atoms. The van der Waals surface area contributed by atoms with Crippen molar-refractivity contribution in [3.05, 3.63) is 0 Å². The summed E-state index contributed by atoms with van der Waals surface area (Å²) in [5.41, 5.74) is -0.617. The fourth-order valence-corrected chi connectivity index (χ4v) is 10.1. The Morgan fingerprint density at radius 1 is 0.426 bits per heavy atom. The van der Waals surface area contributed by atoms with Crippen LogP contribution < -0.4 is 0 Å². The van der Waals surface area contributed by atoms with E-state index in [9.17, 15) is 30.6 Å². The summed E-state index contributed by atoms with van der Waals surface area (Å²) in [6, 6.07) is 0. The maximum Gasteiger partial charge on any atom is 0.112 e. The summed E-state index contributed by atoms with van der Waals surface area (Å²) in [5.74, 6) is -1.41. The van der Waals surface area contributed by atoms with Gasteiger partial charge >= 0.3 is 0 Å². The molecular formula is C46H86O22. The first-order valence-corrected chi connectivity index (χ1v) is 23.7. The van der Waals surface area contributed by atoms with Gasteiger partial charge in [-0.3, -0.25) is 0 Å². The van der Waals surface area contributed by atoms with Crippen molar-refractivity contribution in [2.45, 2.75) is 138 Å². The third-order valence-corrected chi connectivity index (χ3v) is 13.7. The Morgan fingerprint density at radius 3 is 1.21 bits per heavy atom. The van der Waals surface area contributed by atoms with Crippen LogP contribution >= 0.6 is 0 Å². The molecule has 0 saturated carbocycles. The molecule has 4 heterocycles. The van der Waals surface area contributed by atoms with Crippen molar-refractivity contribution in [2.75, 3.05) is 136 Å². The molecule has 4 saturated heterocycles. The molecule has 22 nitrogen and oxygen atoms in total. The van der Waals surface area contributed by atoms with Gasteiger partial charge in [-0.15, -0.1) is 0 Å². The number of rotatable bonds is 30. The maximum atomic E-state index is 11.6. The van der Waals surface area contributed by atoms with Crippen LogP contribution in [-0.4, -0.2) is 276 Å². The first-order chi connectivity index (χ1) is 32.6. The zero-order valence-electron chi connectivity index (χ0n) is 42.0. The van der Waals surface area contributed by atoms with Crippen molar-refractivity contribution in [1.29, 1.82) is 0 Å². The second-order valence-electron chi connectivity index (χ2n) is 19.0. The van der Waals surface area contributed by atoms with Gasteiger partial charge in [0.15, 0.2) is 0 Å². The van der Waals surface area contributed by atoms with E-state index >= 15 is 0 Å². The first kappa shape index (κ1) is 59.7. The van der Waals surface area contributed by atoms with Crippen LogP contribution in [0, 0.1) is 23.2 Å². The van der Waals surface area contributed by atoms with E-state index in [0.717, 1.165) is 0 Å². The molecule has 4 aliphatic heterocycles. The molecule has 0 amide bonds. The molecule has 0 bridgehead atoms. The van der Waals surface area contributed by atoms with Crippen molar-refractivity contribution in [2.24, 2.45) is 23.2 Å². The SMILES string of the molecule is COCC1OC(COCC2C(COCC(C)O)OC(CO)C(OC)C2OC)C(O)C(OC)C1COCC1OC(COC)C(COCC2OC(COCC(C)O)C(C)(C)C(OC)C2O)C(OC)C1O. The van der Waals surface area contributed by atoms with Crippen LogP contribution in [-0.2, 0) is 75.8 Å². The van der Waals surface area contributed by atoms with E-state index in [2.05, 4.69) is 0 Å². The summed E-state index contributed by atoms with van der Waals surface area (Å²) >= 11 is 0. The molecule has 21 atom stereocenters. The lowest BCUT2D eigenvalue weighted by molar-refractivity contribution is -0.265. The lowest BCUT2D eigenvalue weighted by Crippen LogP contribution is -2.62. The standard InChI is InChI=1S/C46H86O22/c1-25(48)13-60-20-33-29(43(57-9)44(58-10)30(12-47)65-33)17-64-22-35-39(51)41(55-7)27(31(67-35)18-53-5)15-62-21-34-38(50)42(56-8)28(32(66-34)19-54-6)16-63-23-36-40(52)45(59-11)46(3,4)37(68-36)24-61-14-26(2)49/h25-45,47-52H,12-24H2,1-11H3. The highest BCUT2D eigenvalue weighted by atomic mass is 16.6. The van der Waals surface area contributed by atoms with E-state index in [1.807, 2.05) is 13.8 Å². The summed E-state index contributed by atoms with van der Waals surface area (Å²) in [6.45, 7) is 7.76. The van der Waals surface area contributed by atoms with Crippen LogP contribution in [0.5, 0.6) is 0 Å². The van der Waals surface area contributed by atoms with Gasteiger partial charge in [-0.25, -0.2) is 0 Å². The van der Waals surface area contributed by atoms with Crippen LogP contribution in [0.15, 0.2) is 0 Å². The third kappa shape index (κ3) is 15.6. The van der Waals surface area contributed by atoms with Crippen LogP contribution in [0.25, 0.3) is 0 Å². The van der Waals surface area contributed by atoms with Gasteiger partial charge in [0.05, 0.1) is 147 Å². The highest BCUT2D eigenvalue weighted by molar-refractivity contribution is 5.00. The third-order valence-electron chi connectivity index (χ3n) is 13.7. The molecule has 0 aliphatic carbocycles. The second-order valence-corrected chi connectivity index (χ2v) is 19.0. The monoisotopic (exact) mass is 991 g/mol. The summed E-state index contributed by atoms with van der Waals surface area (Å²) in [5, 5.41) is 64.1. The predicted molar refractivity (Wildman–Crippen MR) is 239 cm³/mol. The highest BCUT2D eigenvalue weighted by Crippen LogP contribution is 2.39. The van der Waals surface area contributed by atoms with E-state index in [-0.39, 0.29) is 85.9 Å². The van der Waals surface area contributed by atoms with Crippen molar-refractivity contribution >= 4 is 0 Å². The molecule has 0 spiro atoms. The number of aliphatic hydroxyl groups excluding tert-OH is 6. The Bertz CT molecular complexity index is 1350. The van der Waals surface area contributed by atoms with Crippen molar-refractivity contribution in [3.63, 3.8) is 0 Å². The van der Waals surface area contributed by atoms with Gasteiger partial charge in [-0.1, -0.05) is 13.8 Å². The van der Waals surface area contributed by atoms with E-state index < -0.39 is 133 Å². The van der Waals surface area contributed by atoms with Crippen LogP contribution in [0.1, 0.15) is 27.7 Å². The highest BCUT2D eigenvalue weighted by Gasteiger charge is 2.53. The number of ether oxygens (including phenoxy) is 16. The number of methoxy groups -OCH3 is 7. The van der Waals surface area contributed by atoms with Crippen LogP contribution in [0.2, 0.25) is 0 Å². The molecule has 0 aromatic carbocycles. The van der Waals surface area contributed by atoms with Gasteiger partial charge in [0.25, 0.3) is 0 Å². The molecule has 21 unspecified atom stereocenters. The molecule has 0 radical (unpaired) electrons. The molecule has 402 valence electrons. The summed E-state index contributed by atoms with van der Waals surface area (Å²) in [7, 11) is 10.7. The number of hydrogen-bond acceptors (Lipinski definition) is 22. The van der Waals surface area contributed by atoms with Gasteiger partial charge < -0.3 is 106 Å². The Balaban J connectivity index is 1.36. The lowest BCUT2D eigenvalue weighted by Gasteiger charge is -2.49. The molecule has 0 aromatic heterocycles. The fourth-order valence-electron chi connectivity index (χ4n) is 10.1. The van der Waals surface area contributed by atoms with Crippen LogP contribution in [0.4, 0.5) is 0 Å². The topological polar surface area (TPSA) is 269 Å². The Hall–Kier alpha value is -0.880. The minimum absolute atomic E-state index is 0.00326. The van der Waals surface area contributed by atoms with E-state index in [0.29, 0.717) is 0 Å². The fraction of sp³-hybridized carbons (Fsp3) is 1.00. The van der Waals surface area contributed by atoms with Crippen molar-refractivity contribution in [1.82, 2.24) is 0 Å². The number of hydrogen-bond donors (Lipinski definition) is 6. The molecule has 4 fully saturated rings. The summed E-state index contributed by atoms with van der Waals surface area (Å²) in [6.07, 6.45) is -13.2. The largest absolute Gasteiger partial charge is 0.394 e. The molecule has 6 N–H and O–H groups in total. The molecular weight excluding hydrogens is 904 g/mol. The Labute approximate surface area is 402 Å². The minimum Gasteiger partial charge on any atom is -0.394 e. The zero-order chi connectivity index (χ0) is 50.1. The molecule has 0 aromatic rings. The number of aliphatic hydroxyl groups is 6.